The SMILES string of the molecule is CC(c1ccccc1O)N(C)C(=O)[C@@H](N)c1ccccc1. The van der Waals surface area contributed by atoms with Crippen molar-refractivity contribution in [1.82, 2.24) is 4.90 Å². The van der Waals surface area contributed by atoms with Crippen molar-refractivity contribution < 1.29 is 9.90 Å². The Morgan fingerprint density at radius 3 is 2.29 bits per heavy atom. The molecule has 0 bridgehead atoms. The Morgan fingerprint density at radius 1 is 1.10 bits per heavy atom. The average molecular weight is 284 g/mol. The Kier molecular flexibility index (Phi) is 4.60. The first-order chi connectivity index (χ1) is 10.0. The molecule has 0 aliphatic heterocycles. The van der Waals surface area contributed by atoms with Gasteiger partial charge in [-0.1, -0.05) is 48.5 Å². The fraction of sp³-hybridized carbons (Fsp3) is 0.235. The Bertz CT molecular complexity index is 613. The Hall–Kier alpha value is -2.33. The molecule has 1 amide bonds. The average Bonchev–Trinajstić information content (AvgIpc) is 2.53. The molecular weight excluding hydrogens is 264 g/mol. The van der Waals surface area contributed by atoms with Crippen molar-refractivity contribution in [2.75, 3.05) is 7.05 Å². The summed E-state index contributed by atoms with van der Waals surface area (Å²) in [5.74, 6) is -0.00474. The largest absolute Gasteiger partial charge is 0.508 e. The number of benzene rings is 2. The van der Waals surface area contributed by atoms with Crippen molar-refractivity contribution in [3.05, 3.63) is 65.7 Å². The highest BCUT2D eigenvalue weighted by Gasteiger charge is 2.25. The van der Waals surface area contributed by atoms with Gasteiger partial charge in [0.05, 0.1) is 6.04 Å². The summed E-state index contributed by atoms with van der Waals surface area (Å²) in [5.41, 5.74) is 7.52. The second-order valence-corrected chi connectivity index (χ2v) is 5.07. The van der Waals surface area contributed by atoms with Crippen LogP contribution in [0.15, 0.2) is 54.6 Å². The van der Waals surface area contributed by atoms with Crippen molar-refractivity contribution in [3.8, 4) is 5.75 Å². The van der Waals surface area contributed by atoms with Gasteiger partial charge in [0.1, 0.15) is 11.8 Å². The summed E-state index contributed by atoms with van der Waals surface area (Å²) < 4.78 is 0. The van der Waals surface area contributed by atoms with E-state index in [-0.39, 0.29) is 17.7 Å². The zero-order valence-electron chi connectivity index (χ0n) is 12.2. The van der Waals surface area contributed by atoms with Gasteiger partial charge < -0.3 is 15.7 Å². The second-order valence-electron chi connectivity index (χ2n) is 5.07. The molecule has 2 rings (SSSR count). The lowest BCUT2D eigenvalue weighted by Gasteiger charge is -2.28. The van der Waals surface area contributed by atoms with Crippen molar-refractivity contribution in [2.45, 2.75) is 19.0 Å². The molecule has 2 aromatic carbocycles. The molecule has 0 aliphatic rings. The van der Waals surface area contributed by atoms with Crippen molar-refractivity contribution in [3.63, 3.8) is 0 Å². The van der Waals surface area contributed by atoms with E-state index in [4.69, 9.17) is 5.73 Å². The van der Waals surface area contributed by atoms with E-state index < -0.39 is 6.04 Å². The van der Waals surface area contributed by atoms with E-state index in [1.165, 1.54) is 0 Å². The van der Waals surface area contributed by atoms with Crippen LogP contribution >= 0.6 is 0 Å². The van der Waals surface area contributed by atoms with Crippen molar-refractivity contribution >= 4 is 5.91 Å². The zero-order chi connectivity index (χ0) is 15.4. The molecule has 0 saturated carbocycles. The van der Waals surface area contributed by atoms with Crippen LogP contribution in [0.25, 0.3) is 0 Å². The van der Waals surface area contributed by atoms with Crippen LogP contribution in [0.3, 0.4) is 0 Å². The summed E-state index contributed by atoms with van der Waals surface area (Å²) in [5, 5.41) is 9.90. The van der Waals surface area contributed by atoms with Crippen molar-refractivity contribution in [2.24, 2.45) is 5.73 Å². The van der Waals surface area contributed by atoms with Gasteiger partial charge in [-0.2, -0.15) is 0 Å². The molecule has 0 fully saturated rings. The number of rotatable bonds is 4. The van der Waals surface area contributed by atoms with E-state index >= 15 is 0 Å². The van der Waals surface area contributed by atoms with Crippen LogP contribution in [0, 0.1) is 0 Å². The lowest BCUT2D eigenvalue weighted by molar-refractivity contribution is -0.133. The first-order valence-corrected chi connectivity index (χ1v) is 6.87. The molecular formula is C17H20N2O2. The standard InChI is InChI=1S/C17H20N2O2/c1-12(14-10-6-7-11-15(14)20)19(2)17(21)16(18)13-8-4-3-5-9-13/h3-12,16,20H,18H2,1-2H3/t12?,16-/m0/s1. The van der Waals surface area contributed by atoms with Crippen LogP contribution in [-0.2, 0) is 4.79 Å². The molecule has 2 atom stereocenters. The van der Waals surface area contributed by atoms with E-state index in [2.05, 4.69) is 0 Å². The fourth-order valence-corrected chi connectivity index (χ4v) is 2.26. The van der Waals surface area contributed by atoms with E-state index in [0.29, 0.717) is 5.56 Å². The smallest absolute Gasteiger partial charge is 0.244 e. The van der Waals surface area contributed by atoms with Gasteiger partial charge in [0.15, 0.2) is 0 Å². The first-order valence-electron chi connectivity index (χ1n) is 6.87. The van der Waals surface area contributed by atoms with Gasteiger partial charge >= 0.3 is 0 Å². The zero-order valence-corrected chi connectivity index (χ0v) is 12.2. The quantitative estimate of drug-likeness (QED) is 0.907. The maximum atomic E-state index is 12.5. The minimum Gasteiger partial charge on any atom is -0.508 e. The molecule has 4 heteroatoms. The van der Waals surface area contributed by atoms with Crippen molar-refractivity contribution in [1.29, 1.82) is 0 Å². The third-order valence-corrected chi connectivity index (χ3v) is 3.74. The maximum absolute atomic E-state index is 12.5. The van der Waals surface area contributed by atoms with Gasteiger partial charge in [0.2, 0.25) is 5.91 Å². The minimum atomic E-state index is -0.704. The van der Waals surface area contributed by atoms with Crippen LogP contribution in [0.2, 0.25) is 0 Å². The number of para-hydroxylation sites is 1. The lowest BCUT2D eigenvalue weighted by Crippen LogP contribution is -2.37. The van der Waals surface area contributed by atoms with E-state index in [1.54, 1.807) is 30.1 Å². The topological polar surface area (TPSA) is 66.6 Å². The number of likely N-dealkylation sites (N-methyl/N-ethyl adjacent to an activating group) is 1. The summed E-state index contributed by atoms with van der Waals surface area (Å²) in [7, 11) is 1.70. The number of hydrogen-bond donors (Lipinski definition) is 2. The molecule has 4 nitrogen and oxygen atoms in total. The number of hydrogen-bond acceptors (Lipinski definition) is 3. The number of phenols is 1. The summed E-state index contributed by atoms with van der Waals surface area (Å²) >= 11 is 0. The third kappa shape index (κ3) is 3.23. The summed E-state index contributed by atoms with van der Waals surface area (Å²) in [6.07, 6.45) is 0. The summed E-state index contributed by atoms with van der Waals surface area (Å²) in [6.45, 7) is 1.87. The van der Waals surface area contributed by atoms with Crippen LogP contribution in [-0.4, -0.2) is 23.0 Å². The van der Waals surface area contributed by atoms with E-state index in [1.807, 2.05) is 43.3 Å². The highest BCUT2D eigenvalue weighted by atomic mass is 16.3. The summed E-state index contributed by atoms with van der Waals surface area (Å²) in [4.78, 5) is 14.1. The fourth-order valence-electron chi connectivity index (χ4n) is 2.26. The minimum absolute atomic E-state index is 0.179. The second kappa shape index (κ2) is 6.41. The Morgan fingerprint density at radius 2 is 1.67 bits per heavy atom. The molecule has 21 heavy (non-hydrogen) atoms. The molecule has 0 aromatic heterocycles. The van der Waals surface area contributed by atoms with Gasteiger partial charge in [0, 0.05) is 12.6 Å². The van der Waals surface area contributed by atoms with Gasteiger partial charge in [-0.05, 0) is 18.6 Å². The predicted octanol–water partition coefficient (Wildman–Crippen LogP) is 2.61. The molecule has 0 aliphatic carbocycles. The van der Waals surface area contributed by atoms with E-state index in [9.17, 15) is 9.90 Å². The van der Waals surface area contributed by atoms with Gasteiger partial charge in [0.25, 0.3) is 0 Å². The molecule has 2 aromatic rings. The molecule has 0 spiro atoms. The molecule has 1 unspecified atom stereocenters. The Labute approximate surface area is 124 Å². The highest BCUT2D eigenvalue weighted by molar-refractivity contribution is 5.83. The number of carbonyl (C=O) groups is 1. The lowest BCUT2D eigenvalue weighted by atomic mass is 10.0. The van der Waals surface area contributed by atoms with Crippen LogP contribution in [0.5, 0.6) is 5.75 Å². The molecule has 3 N–H and O–H groups in total. The highest BCUT2D eigenvalue weighted by Crippen LogP contribution is 2.28. The van der Waals surface area contributed by atoms with Gasteiger partial charge in [-0.15, -0.1) is 0 Å². The number of amides is 1. The first kappa shape index (κ1) is 15.1. The summed E-state index contributed by atoms with van der Waals surface area (Å²) in [6, 6.07) is 15.3. The molecule has 0 radical (unpaired) electrons. The molecule has 110 valence electrons. The number of carbonyl (C=O) groups excluding carboxylic acids is 1. The van der Waals surface area contributed by atoms with Crippen LogP contribution < -0.4 is 5.73 Å². The predicted molar refractivity (Wildman–Crippen MR) is 82.7 cm³/mol. The molecule has 0 heterocycles. The molecule has 0 saturated heterocycles. The Balaban J connectivity index is 2.18. The number of aromatic hydroxyl groups is 1. The number of nitrogens with zero attached hydrogens (tertiary/aromatic N) is 1. The van der Waals surface area contributed by atoms with E-state index in [0.717, 1.165) is 5.56 Å². The van der Waals surface area contributed by atoms with Gasteiger partial charge in [-0.25, -0.2) is 0 Å². The monoisotopic (exact) mass is 284 g/mol. The van der Waals surface area contributed by atoms with Crippen LogP contribution in [0.4, 0.5) is 0 Å². The van der Waals surface area contributed by atoms with Gasteiger partial charge in [-0.3, -0.25) is 4.79 Å². The number of phenolic OH excluding ortho intramolecular Hbond substituents is 1. The maximum Gasteiger partial charge on any atom is 0.244 e. The normalized spacial score (nSPS) is 13.5. The third-order valence-electron chi connectivity index (χ3n) is 3.74. The number of nitrogens with two attached hydrogens (primary N) is 1. The van der Waals surface area contributed by atoms with Crippen LogP contribution in [0.1, 0.15) is 30.1 Å².